The van der Waals surface area contributed by atoms with E-state index in [1.165, 1.54) is 0 Å². The van der Waals surface area contributed by atoms with Crippen molar-refractivity contribution in [2.45, 2.75) is 12.8 Å². The Hall–Kier alpha value is -3.09. The number of methoxy groups -OCH3 is 3. The summed E-state index contributed by atoms with van der Waals surface area (Å²) >= 11 is 0. The third-order valence-corrected chi connectivity index (χ3v) is 5.43. The Morgan fingerprint density at radius 1 is 0.862 bits per heavy atom. The average Bonchev–Trinajstić information content (AvgIpc) is 3.35. The number of carbonyl (C=O) groups is 1. The summed E-state index contributed by atoms with van der Waals surface area (Å²) in [6, 6.07) is 9.62. The van der Waals surface area contributed by atoms with Crippen molar-refractivity contribution in [3.63, 3.8) is 0 Å². The van der Waals surface area contributed by atoms with Gasteiger partial charge in [-0.05, 0) is 48.2 Å². The molecule has 7 nitrogen and oxygen atoms in total. The van der Waals surface area contributed by atoms with Gasteiger partial charge in [0.1, 0.15) is 0 Å². The molecule has 2 aromatic rings. The Morgan fingerprint density at radius 3 is 2.38 bits per heavy atom. The van der Waals surface area contributed by atoms with E-state index >= 15 is 0 Å². The lowest BCUT2D eigenvalue weighted by molar-refractivity contribution is -0.141. The molecule has 2 aliphatic rings. The van der Waals surface area contributed by atoms with Crippen molar-refractivity contribution in [3.8, 4) is 28.7 Å². The molecule has 29 heavy (non-hydrogen) atoms. The van der Waals surface area contributed by atoms with Crippen molar-refractivity contribution >= 4 is 5.97 Å². The van der Waals surface area contributed by atoms with Crippen LogP contribution in [-0.2, 0) is 22.4 Å². The molecular weight excluding hydrogens is 376 g/mol. The fourth-order valence-electron chi connectivity index (χ4n) is 3.92. The first-order valence-electron chi connectivity index (χ1n) is 9.47. The molecule has 4 rings (SSSR count). The van der Waals surface area contributed by atoms with Gasteiger partial charge in [0.25, 0.3) is 0 Å². The third-order valence-electron chi connectivity index (χ3n) is 5.43. The van der Waals surface area contributed by atoms with E-state index in [1.54, 1.807) is 21.3 Å². The zero-order valence-electron chi connectivity index (χ0n) is 16.7. The standard InChI is InChI=1S/C22H24O7/c1-24-17-5-4-13(8-18(17)25-2)6-15-11-27-22(23)16(15)7-14-9-19(26-3)21-20(10-14)28-12-29-21/h4-5,8-10,15-16H,6-7,11-12H2,1-3H3/t15-,16+/m0/s1. The largest absolute Gasteiger partial charge is 0.493 e. The lowest BCUT2D eigenvalue weighted by Gasteiger charge is -2.17. The Bertz CT molecular complexity index is 908. The first-order valence-corrected chi connectivity index (χ1v) is 9.47. The molecule has 0 saturated carbocycles. The number of benzene rings is 2. The molecule has 2 atom stereocenters. The van der Waals surface area contributed by atoms with Crippen LogP contribution in [0.25, 0.3) is 0 Å². The summed E-state index contributed by atoms with van der Waals surface area (Å²) in [7, 11) is 4.81. The van der Waals surface area contributed by atoms with Gasteiger partial charge in [-0.2, -0.15) is 0 Å². The summed E-state index contributed by atoms with van der Waals surface area (Å²) in [5.41, 5.74) is 2.02. The van der Waals surface area contributed by atoms with E-state index in [2.05, 4.69) is 0 Å². The van der Waals surface area contributed by atoms with Crippen LogP contribution in [0.4, 0.5) is 0 Å². The Balaban J connectivity index is 1.53. The molecule has 154 valence electrons. The second kappa shape index (κ2) is 8.11. The maximum atomic E-state index is 12.4. The molecule has 0 aliphatic carbocycles. The smallest absolute Gasteiger partial charge is 0.309 e. The quantitative estimate of drug-likeness (QED) is 0.662. The molecule has 0 amide bonds. The van der Waals surface area contributed by atoms with Crippen molar-refractivity contribution in [2.75, 3.05) is 34.7 Å². The van der Waals surface area contributed by atoms with Crippen LogP contribution in [0.15, 0.2) is 30.3 Å². The molecule has 7 heteroatoms. The van der Waals surface area contributed by atoms with Crippen molar-refractivity contribution in [1.29, 1.82) is 0 Å². The maximum absolute atomic E-state index is 12.4. The zero-order chi connectivity index (χ0) is 20.4. The van der Waals surface area contributed by atoms with Gasteiger partial charge in [0, 0.05) is 5.92 Å². The van der Waals surface area contributed by atoms with Crippen LogP contribution in [0.3, 0.4) is 0 Å². The molecular formula is C22H24O7. The number of carbonyl (C=O) groups excluding carboxylic acids is 1. The zero-order valence-corrected chi connectivity index (χ0v) is 16.7. The van der Waals surface area contributed by atoms with Crippen molar-refractivity contribution in [1.82, 2.24) is 0 Å². The number of fused-ring (bicyclic) bond motifs is 1. The molecule has 0 radical (unpaired) electrons. The van der Waals surface area contributed by atoms with E-state index in [1.807, 2.05) is 30.3 Å². The summed E-state index contributed by atoms with van der Waals surface area (Å²) in [5, 5.41) is 0. The number of cyclic esters (lactones) is 1. The number of hydrogen-bond acceptors (Lipinski definition) is 7. The van der Waals surface area contributed by atoms with Gasteiger partial charge in [-0.3, -0.25) is 4.79 Å². The minimum atomic E-state index is -0.242. The second-order valence-corrected chi connectivity index (χ2v) is 7.13. The van der Waals surface area contributed by atoms with Gasteiger partial charge in [-0.15, -0.1) is 0 Å². The minimum Gasteiger partial charge on any atom is -0.493 e. The minimum absolute atomic E-state index is 0.0667. The lowest BCUT2D eigenvalue weighted by atomic mass is 9.85. The summed E-state index contributed by atoms with van der Waals surface area (Å²) in [6.45, 7) is 0.572. The van der Waals surface area contributed by atoms with Crippen molar-refractivity contribution in [2.24, 2.45) is 11.8 Å². The van der Waals surface area contributed by atoms with Gasteiger partial charge in [0.2, 0.25) is 12.5 Å². The number of rotatable bonds is 7. The molecule has 2 heterocycles. The fraction of sp³-hybridized carbons (Fsp3) is 0.409. The predicted molar refractivity (Wildman–Crippen MR) is 104 cm³/mol. The summed E-state index contributed by atoms with van der Waals surface area (Å²) < 4.78 is 32.4. The van der Waals surface area contributed by atoms with Crippen molar-refractivity contribution in [3.05, 3.63) is 41.5 Å². The average molecular weight is 400 g/mol. The highest BCUT2D eigenvalue weighted by Gasteiger charge is 2.37. The highest BCUT2D eigenvalue weighted by molar-refractivity contribution is 5.75. The van der Waals surface area contributed by atoms with Crippen LogP contribution in [0, 0.1) is 11.8 Å². The Morgan fingerprint density at radius 2 is 1.62 bits per heavy atom. The monoisotopic (exact) mass is 400 g/mol. The van der Waals surface area contributed by atoms with E-state index in [0.717, 1.165) is 11.1 Å². The maximum Gasteiger partial charge on any atom is 0.309 e. The molecule has 0 spiro atoms. The van der Waals surface area contributed by atoms with E-state index in [-0.39, 0.29) is 24.6 Å². The van der Waals surface area contributed by atoms with E-state index in [0.29, 0.717) is 48.2 Å². The molecule has 2 aliphatic heterocycles. The van der Waals surface area contributed by atoms with Gasteiger partial charge >= 0.3 is 5.97 Å². The topological polar surface area (TPSA) is 72.5 Å². The third kappa shape index (κ3) is 3.77. The van der Waals surface area contributed by atoms with Crippen LogP contribution in [0.1, 0.15) is 11.1 Å². The highest BCUT2D eigenvalue weighted by atomic mass is 16.7. The van der Waals surface area contributed by atoms with Gasteiger partial charge in [0.05, 0.1) is 33.9 Å². The van der Waals surface area contributed by atoms with E-state index in [9.17, 15) is 4.79 Å². The molecule has 0 bridgehead atoms. The van der Waals surface area contributed by atoms with Gasteiger partial charge in [0.15, 0.2) is 23.0 Å². The van der Waals surface area contributed by atoms with Crippen LogP contribution in [-0.4, -0.2) is 40.7 Å². The molecule has 2 aromatic carbocycles. The Labute approximate surface area is 169 Å². The van der Waals surface area contributed by atoms with Gasteiger partial charge < -0.3 is 28.4 Å². The molecule has 0 aromatic heterocycles. The molecule has 0 N–H and O–H groups in total. The van der Waals surface area contributed by atoms with Crippen LogP contribution in [0.2, 0.25) is 0 Å². The first kappa shape index (κ1) is 19.2. The fourth-order valence-corrected chi connectivity index (χ4v) is 3.92. The number of esters is 1. The number of hydrogen-bond donors (Lipinski definition) is 0. The van der Waals surface area contributed by atoms with Gasteiger partial charge in [-0.1, -0.05) is 6.07 Å². The van der Waals surface area contributed by atoms with Crippen LogP contribution >= 0.6 is 0 Å². The normalized spacial score (nSPS) is 19.8. The van der Waals surface area contributed by atoms with Gasteiger partial charge in [-0.25, -0.2) is 0 Å². The molecule has 1 fully saturated rings. The van der Waals surface area contributed by atoms with Crippen LogP contribution in [0.5, 0.6) is 28.7 Å². The molecule has 0 unspecified atom stereocenters. The predicted octanol–water partition coefficient (Wildman–Crippen LogP) is 3.02. The van der Waals surface area contributed by atoms with Crippen molar-refractivity contribution < 1.29 is 33.2 Å². The number of ether oxygens (including phenoxy) is 6. The van der Waals surface area contributed by atoms with E-state index < -0.39 is 0 Å². The molecule has 1 saturated heterocycles. The highest BCUT2D eigenvalue weighted by Crippen LogP contribution is 2.43. The first-order chi connectivity index (χ1) is 14.1. The summed E-state index contributed by atoms with van der Waals surface area (Å²) in [5.74, 6) is 2.86. The van der Waals surface area contributed by atoms with E-state index in [4.69, 9.17) is 28.4 Å². The lowest BCUT2D eigenvalue weighted by Crippen LogP contribution is -2.20. The van der Waals surface area contributed by atoms with Crippen LogP contribution < -0.4 is 23.7 Å². The summed E-state index contributed by atoms with van der Waals surface area (Å²) in [4.78, 5) is 12.4. The summed E-state index contributed by atoms with van der Waals surface area (Å²) in [6.07, 6.45) is 1.25. The Kier molecular flexibility index (Phi) is 5.38. The second-order valence-electron chi connectivity index (χ2n) is 7.13. The SMILES string of the molecule is COc1ccc(C[C@H]2COC(=O)[C@@H]2Cc2cc(OC)c3c(c2)OCO3)cc1OC.